The molecule has 1 aliphatic carbocycles. The molecule has 1 amide bonds. The van der Waals surface area contributed by atoms with Gasteiger partial charge in [-0.25, -0.2) is 8.42 Å². The van der Waals surface area contributed by atoms with Crippen LogP contribution < -0.4 is 10.1 Å². The third-order valence-corrected chi connectivity index (χ3v) is 8.21. The summed E-state index contributed by atoms with van der Waals surface area (Å²) in [6.45, 7) is 2.23. The van der Waals surface area contributed by atoms with Crippen LogP contribution in [0.25, 0.3) is 0 Å². The van der Waals surface area contributed by atoms with E-state index in [1.54, 1.807) is 18.2 Å². The summed E-state index contributed by atoms with van der Waals surface area (Å²) in [5.74, 6) is 0.217. The van der Waals surface area contributed by atoms with Gasteiger partial charge in [0.25, 0.3) is 0 Å². The fourth-order valence-corrected chi connectivity index (χ4v) is 5.56. The molecule has 1 saturated heterocycles. The van der Waals surface area contributed by atoms with Crippen molar-refractivity contribution >= 4 is 33.2 Å². The predicted octanol–water partition coefficient (Wildman–Crippen LogP) is 2.96. The van der Waals surface area contributed by atoms with Gasteiger partial charge in [0, 0.05) is 31.2 Å². The number of benzene rings is 2. The number of nitrogens with zero attached hydrogens (tertiary/aromatic N) is 2. The number of hydrogen-bond acceptors (Lipinski definition) is 5. The Hall–Kier alpha value is -2.13. The molecule has 0 spiro atoms. The SMILES string of the molecule is COc1ccc(S(=O)(=O)N2CCN(C)CC2)cc1NC(=O)C1(c2cccc(Cl)c2)CC1. The van der Waals surface area contributed by atoms with Crippen LogP contribution in [-0.4, -0.2) is 63.9 Å². The normalized spacial score (nSPS) is 19.1. The van der Waals surface area contributed by atoms with E-state index in [1.165, 1.54) is 23.5 Å². The quantitative estimate of drug-likeness (QED) is 0.712. The van der Waals surface area contributed by atoms with Gasteiger partial charge in [0.2, 0.25) is 15.9 Å². The van der Waals surface area contributed by atoms with Gasteiger partial charge in [0.1, 0.15) is 5.75 Å². The third-order valence-electron chi connectivity index (χ3n) is 6.08. The molecule has 31 heavy (non-hydrogen) atoms. The number of rotatable bonds is 6. The minimum atomic E-state index is -3.66. The number of amides is 1. The lowest BCUT2D eigenvalue weighted by Gasteiger charge is -2.31. The van der Waals surface area contributed by atoms with E-state index in [1.807, 2.05) is 19.2 Å². The maximum absolute atomic E-state index is 13.2. The van der Waals surface area contributed by atoms with E-state index in [-0.39, 0.29) is 10.8 Å². The first-order valence-corrected chi connectivity index (χ1v) is 12.0. The Kier molecular flexibility index (Phi) is 6.00. The molecule has 7 nitrogen and oxygen atoms in total. The Labute approximate surface area is 188 Å². The van der Waals surface area contributed by atoms with Crippen molar-refractivity contribution < 1.29 is 17.9 Å². The van der Waals surface area contributed by atoms with Crippen molar-refractivity contribution in [3.63, 3.8) is 0 Å². The van der Waals surface area contributed by atoms with Crippen molar-refractivity contribution in [3.8, 4) is 5.75 Å². The number of carbonyl (C=O) groups excluding carboxylic acids is 1. The zero-order valence-electron chi connectivity index (χ0n) is 17.6. The summed E-state index contributed by atoms with van der Waals surface area (Å²) >= 11 is 6.12. The van der Waals surface area contributed by atoms with Gasteiger partial charge < -0.3 is 15.0 Å². The standard InChI is InChI=1S/C22H26ClN3O4S/c1-25-10-12-26(13-11-25)31(28,29)18-6-7-20(30-2)19(15-18)24-21(27)22(8-9-22)16-4-3-5-17(23)14-16/h3-7,14-15H,8-13H2,1-2H3,(H,24,27). The first-order chi connectivity index (χ1) is 14.8. The summed E-state index contributed by atoms with van der Waals surface area (Å²) in [4.78, 5) is 15.4. The molecule has 4 rings (SSSR count). The van der Waals surface area contributed by atoms with Gasteiger partial charge in [-0.15, -0.1) is 0 Å². The average molecular weight is 464 g/mol. The molecule has 2 aromatic rings. The predicted molar refractivity (Wildman–Crippen MR) is 120 cm³/mol. The molecule has 0 aromatic heterocycles. The summed E-state index contributed by atoms with van der Waals surface area (Å²) < 4.78 is 33.1. The third kappa shape index (κ3) is 4.30. The Morgan fingerprint density at radius 3 is 2.42 bits per heavy atom. The van der Waals surface area contributed by atoms with Crippen LogP contribution in [0.1, 0.15) is 18.4 Å². The van der Waals surface area contributed by atoms with Gasteiger partial charge in [-0.3, -0.25) is 4.79 Å². The van der Waals surface area contributed by atoms with Gasteiger partial charge in [-0.2, -0.15) is 4.31 Å². The number of nitrogens with one attached hydrogen (secondary N) is 1. The zero-order chi connectivity index (χ0) is 22.2. The molecule has 1 saturated carbocycles. The zero-order valence-corrected chi connectivity index (χ0v) is 19.2. The van der Waals surface area contributed by atoms with Crippen LogP contribution in [0, 0.1) is 0 Å². The van der Waals surface area contributed by atoms with E-state index < -0.39 is 15.4 Å². The number of piperazine rings is 1. The van der Waals surface area contributed by atoms with Crippen LogP contribution in [0.5, 0.6) is 5.75 Å². The Morgan fingerprint density at radius 2 is 1.81 bits per heavy atom. The van der Waals surface area contributed by atoms with Crippen molar-refractivity contribution in [1.29, 1.82) is 0 Å². The molecule has 2 fully saturated rings. The second-order valence-electron chi connectivity index (χ2n) is 8.12. The van der Waals surface area contributed by atoms with Crippen LogP contribution in [0.15, 0.2) is 47.4 Å². The molecule has 0 atom stereocenters. The maximum atomic E-state index is 13.2. The Morgan fingerprint density at radius 1 is 1.10 bits per heavy atom. The van der Waals surface area contributed by atoms with Crippen LogP contribution in [0.2, 0.25) is 5.02 Å². The Balaban J connectivity index is 1.61. The van der Waals surface area contributed by atoms with E-state index in [9.17, 15) is 13.2 Å². The highest BCUT2D eigenvalue weighted by atomic mass is 35.5. The van der Waals surface area contributed by atoms with Crippen molar-refractivity contribution in [1.82, 2.24) is 9.21 Å². The first kappa shape index (κ1) is 22.1. The minimum Gasteiger partial charge on any atom is -0.495 e. The van der Waals surface area contributed by atoms with Crippen molar-refractivity contribution in [2.75, 3.05) is 45.7 Å². The van der Waals surface area contributed by atoms with E-state index >= 15 is 0 Å². The van der Waals surface area contributed by atoms with Gasteiger partial charge in [-0.1, -0.05) is 23.7 Å². The molecule has 2 aromatic carbocycles. The van der Waals surface area contributed by atoms with Crippen LogP contribution >= 0.6 is 11.6 Å². The molecule has 1 aliphatic heterocycles. The number of methoxy groups -OCH3 is 1. The summed E-state index contributed by atoms with van der Waals surface area (Å²) in [6, 6.07) is 11.9. The van der Waals surface area contributed by atoms with Crippen molar-refractivity contribution in [2.45, 2.75) is 23.2 Å². The number of ether oxygens (including phenoxy) is 1. The lowest BCUT2D eigenvalue weighted by molar-refractivity contribution is -0.118. The molecule has 0 radical (unpaired) electrons. The molecule has 1 N–H and O–H groups in total. The molecular formula is C22H26ClN3O4S. The Bertz CT molecular complexity index is 1090. The molecule has 1 heterocycles. The highest BCUT2D eigenvalue weighted by Crippen LogP contribution is 2.49. The topological polar surface area (TPSA) is 79.0 Å². The van der Waals surface area contributed by atoms with E-state index in [0.29, 0.717) is 55.5 Å². The summed E-state index contributed by atoms with van der Waals surface area (Å²) in [6.07, 6.45) is 1.42. The lowest BCUT2D eigenvalue weighted by atomic mass is 9.95. The van der Waals surface area contributed by atoms with Crippen LogP contribution in [-0.2, 0) is 20.2 Å². The van der Waals surface area contributed by atoms with Gasteiger partial charge in [0.05, 0.1) is 23.1 Å². The molecule has 166 valence electrons. The highest BCUT2D eigenvalue weighted by molar-refractivity contribution is 7.89. The number of likely N-dealkylation sites (N-methyl/N-ethyl adjacent to an activating group) is 1. The van der Waals surface area contributed by atoms with Crippen molar-refractivity contribution in [3.05, 3.63) is 53.1 Å². The van der Waals surface area contributed by atoms with Gasteiger partial charge >= 0.3 is 0 Å². The number of sulfonamides is 1. The first-order valence-electron chi connectivity index (χ1n) is 10.2. The van der Waals surface area contributed by atoms with Crippen LogP contribution in [0.4, 0.5) is 5.69 Å². The number of anilines is 1. The minimum absolute atomic E-state index is 0.140. The van der Waals surface area contributed by atoms with E-state index in [4.69, 9.17) is 16.3 Å². The van der Waals surface area contributed by atoms with E-state index in [2.05, 4.69) is 10.2 Å². The number of hydrogen-bond donors (Lipinski definition) is 1. The van der Waals surface area contributed by atoms with Gasteiger partial charge in [0.15, 0.2) is 0 Å². The fraction of sp³-hybridized carbons (Fsp3) is 0.409. The molecule has 9 heteroatoms. The maximum Gasteiger partial charge on any atom is 0.243 e. The highest BCUT2D eigenvalue weighted by Gasteiger charge is 2.51. The molecule has 2 aliphatic rings. The lowest BCUT2D eigenvalue weighted by Crippen LogP contribution is -2.47. The summed E-state index contributed by atoms with van der Waals surface area (Å²) in [5.41, 5.74) is 0.552. The fourth-order valence-electron chi connectivity index (χ4n) is 3.92. The molecule has 0 unspecified atom stereocenters. The number of carbonyl (C=O) groups is 1. The second-order valence-corrected chi connectivity index (χ2v) is 10.5. The average Bonchev–Trinajstić information content (AvgIpc) is 3.56. The summed E-state index contributed by atoms with van der Waals surface area (Å²) in [5, 5.41) is 3.48. The van der Waals surface area contributed by atoms with Crippen molar-refractivity contribution in [2.24, 2.45) is 0 Å². The molecular weight excluding hydrogens is 438 g/mol. The van der Waals surface area contributed by atoms with E-state index in [0.717, 1.165) is 5.56 Å². The molecule has 0 bridgehead atoms. The van der Waals surface area contributed by atoms with Crippen LogP contribution in [0.3, 0.4) is 0 Å². The van der Waals surface area contributed by atoms with Gasteiger partial charge in [-0.05, 0) is 55.8 Å². The monoisotopic (exact) mass is 463 g/mol. The largest absolute Gasteiger partial charge is 0.495 e. The smallest absolute Gasteiger partial charge is 0.243 e. The number of halogens is 1. The summed E-state index contributed by atoms with van der Waals surface area (Å²) in [7, 11) is -0.204. The second kappa shape index (κ2) is 8.43.